The molecule has 6 nitrogen and oxygen atoms in total. The van der Waals surface area contributed by atoms with Gasteiger partial charge in [-0.3, -0.25) is 5.32 Å². The number of nitrogens with zero attached hydrogens (tertiary/aromatic N) is 1. The van der Waals surface area contributed by atoms with E-state index in [0.717, 1.165) is 0 Å². The van der Waals surface area contributed by atoms with Crippen LogP contribution >= 0.6 is 11.6 Å². The van der Waals surface area contributed by atoms with Crippen LogP contribution in [-0.2, 0) is 4.74 Å². The van der Waals surface area contributed by atoms with Gasteiger partial charge in [0, 0.05) is 18.3 Å². The molecule has 1 aromatic carbocycles. The molecule has 0 fully saturated rings. The molecule has 3 N–H and O–H groups in total. The molecular formula is C14H14ClN3O3. The molecule has 0 unspecified atom stereocenters. The van der Waals surface area contributed by atoms with Crippen molar-refractivity contribution in [2.75, 3.05) is 17.7 Å². The lowest BCUT2D eigenvalue weighted by Crippen LogP contribution is -2.14. The molecule has 0 aliphatic rings. The quantitative estimate of drug-likeness (QED) is 0.841. The first kappa shape index (κ1) is 14.9. The second-order valence-corrected chi connectivity index (χ2v) is 4.41. The first-order valence-electron chi connectivity index (χ1n) is 6.21. The van der Waals surface area contributed by atoms with Gasteiger partial charge in [0.2, 0.25) is 0 Å². The molecule has 2 rings (SSSR count). The number of hydrogen-bond donors (Lipinski definition) is 2. The Balaban J connectivity index is 2.10. The number of pyridine rings is 1. The third-order valence-corrected chi connectivity index (χ3v) is 2.77. The number of benzene rings is 1. The number of halogens is 1. The highest BCUT2D eigenvalue weighted by atomic mass is 35.5. The second-order valence-electron chi connectivity index (χ2n) is 4.01. The number of anilines is 2. The van der Waals surface area contributed by atoms with E-state index >= 15 is 0 Å². The average molecular weight is 308 g/mol. The standard InChI is InChI=1S/C14H14ClN3O3/c1-2-20-14(19)18-13-8-10(5-6-17-13)21-9-3-4-12(16)11(15)7-9/h3-8H,2,16H2,1H3,(H,17,18,19). The van der Waals surface area contributed by atoms with Crippen LogP contribution in [0.3, 0.4) is 0 Å². The van der Waals surface area contributed by atoms with Crippen molar-refractivity contribution in [3.05, 3.63) is 41.6 Å². The largest absolute Gasteiger partial charge is 0.457 e. The number of hydrogen-bond acceptors (Lipinski definition) is 5. The Kier molecular flexibility index (Phi) is 4.84. The molecule has 1 amide bonds. The third kappa shape index (κ3) is 4.25. The Morgan fingerprint density at radius 2 is 2.10 bits per heavy atom. The lowest BCUT2D eigenvalue weighted by Gasteiger charge is -2.09. The zero-order chi connectivity index (χ0) is 15.2. The molecule has 0 aliphatic carbocycles. The lowest BCUT2D eigenvalue weighted by molar-refractivity contribution is 0.168. The monoisotopic (exact) mass is 307 g/mol. The van der Waals surface area contributed by atoms with Crippen molar-refractivity contribution in [3.8, 4) is 11.5 Å². The molecule has 0 aliphatic heterocycles. The number of nitrogen functional groups attached to an aromatic ring is 1. The van der Waals surface area contributed by atoms with Gasteiger partial charge in [-0.2, -0.15) is 0 Å². The molecule has 2 aromatic rings. The molecule has 0 saturated heterocycles. The summed E-state index contributed by atoms with van der Waals surface area (Å²) in [4.78, 5) is 15.3. The molecule has 21 heavy (non-hydrogen) atoms. The van der Waals surface area contributed by atoms with E-state index in [1.165, 1.54) is 6.20 Å². The Morgan fingerprint density at radius 3 is 2.81 bits per heavy atom. The van der Waals surface area contributed by atoms with E-state index in [-0.39, 0.29) is 6.61 Å². The van der Waals surface area contributed by atoms with Gasteiger partial charge in [0.15, 0.2) is 0 Å². The molecule has 1 aromatic heterocycles. The fraction of sp³-hybridized carbons (Fsp3) is 0.143. The predicted molar refractivity (Wildman–Crippen MR) is 80.8 cm³/mol. The summed E-state index contributed by atoms with van der Waals surface area (Å²) in [5, 5.41) is 2.90. The number of nitrogens with one attached hydrogen (secondary N) is 1. The summed E-state index contributed by atoms with van der Waals surface area (Å²) in [6.45, 7) is 2.00. The van der Waals surface area contributed by atoms with Crippen molar-refractivity contribution >= 4 is 29.2 Å². The lowest BCUT2D eigenvalue weighted by atomic mass is 10.3. The van der Waals surface area contributed by atoms with Gasteiger partial charge in [-0.25, -0.2) is 9.78 Å². The first-order chi connectivity index (χ1) is 10.1. The molecular weight excluding hydrogens is 294 g/mol. The maximum absolute atomic E-state index is 11.3. The number of rotatable bonds is 4. The van der Waals surface area contributed by atoms with Crippen LogP contribution in [0.2, 0.25) is 5.02 Å². The zero-order valence-corrected chi connectivity index (χ0v) is 12.1. The van der Waals surface area contributed by atoms with E-state index in [4.69, 9.17) is 26.8 Å². The second kappa shape index (κ2) is 6.81. The Labute approximate surface area is 126 Å². The van der Waals surface area contributed by atoms with Crippen LogP contribution in [-0.4, -0.2) is 17.7 Å². The van der Waals surface area contributed by atoms with Crippen molar-refractivity contribution in [1.82, 2.24) is 4.98 Å². The maximum Gasteiger partial charge on any atom is 0.412 e. The fourth-order valence-corrected chi connectivity index (χ4v) is 1.69. The van der Waals surface area contributed by atoms with E-state index < -0.39 is 6.09 Å². The Morgan fingerprint density at radius 1 is 1.33 bits per heavy atom. The number of amides is 1. The molecule has 7 heteroatoms. The van der Waals surface area contributed by atoms with Crippen LogP contribution in [0.1, 0.15) is 6.92 Å². The van der Waals surface area contributed by atoms with Gasteiger partial charge in [-0.05, 0) is 25.1 Å². The molecule has 110 valence electrons. The van der Waals surface area contributed by atoms with Gasteiger partial charge < -0.3 is 15.2 Å². The molecule has 0 atom stereocenters. The van der Waals surface area contributed by atoms with Crippen LogP contribution in [0.5, 0.6) is 11.5 Å². The van der Waals surface area contributed by atoms with Gasteiger partial charge in [0.25, 0.3) is 0 Å². The maximum atomic E-state index is 11.3. The van der Waals surface area contributed by atoms with E-state index in [9.17, 15) is 4.79 Å². The van der Waals surface area contributed by atoms with E-state index in [0.29, 0.717) is 28.0 Å². The van der Waals surface area contributed by atoms with Gasteiger partial charge in [-0.1, -0.05) is 11.6 Å². The Hall–Kier alpha value is -2.47. The summed E-state index contributed by atoms with van der Waals surface area (Å²) in [5.41, 5.74) is 6.11. The van der Waals surface area contributed by atoms with Crippen LogP contribution < -0.4 is 15.8 Å². The van der Waals surface area contributed by atoms with Crippen LogP contribution in [0.4, 0.5) is 16.3 Å². The summed E-state index contributed by atoms with van der Waals surface area (Å²) >= 11 is 5.92. The molecule has 0 spiro atoms. The van der Waals surface area contributed by atoms with Gasteiger partial charge in [-0.15, -0.1) is 0 Å². The number of ether oxygens (including phenoxy) is 2. The van der Waals surface area contributed by atoms with Gasteiger partial charge in [0.05, 0.1) is 17.3 Å². The van der Waals surface area contributed by atoms with Crippen molar-refractivity contribution in [2.24, 2.45) is 0 Å². The van der Waals surface area contributed by atoms with Gasteiger partial charge in [0.1, 0.15) is 17.3 Å². The summed E-state index contributed by atoms with van der Waals surface area (Å²) in [5.74, 6) is 1.35. The van der Waals surface area contributed by atoms with E-state index in [1.807, 2.05) is 0 Å². The van der Waals surface area contributed by atoms with E-state index in [2.05, 4.69) is 10.3 Å². The molecule has 0 saturated carbocycles. The zero-order valence-electron chi connectivity index (χ0n) is 11.3. The van der Waals surface area contributed by atoms with Crippen LogP contribution in [0, 0.1) is 0 Å². The smallest absolute Gasteiger partial charge is 0.412 e. The number of carbonyl (C=O) groups excluding carboxylic acids is 1. The minimum absolute atomic E-state index is 0.284. The van der Waals surface area contributed by atoms with Crippen LogP contribution in [0.25, 0.3) is 0 Å². The van der Waals surface area contributed by atoms with Crippen LogP contribution in [0.15, 0.2) is 36.5 Å². The summed E-state index contributed by atoms with van der Waals surface area (Å²) in [6.07, 6.45) is 0.938. The normalized spacial score (nSPS) is 10.0. The van der Waals surface area contributed by atoms with E-state index in [1.54, 1.807) is 37.3 Å². The summed E-state index contributed by atoms with van der Waals surface area (Å²) in [6, 6.07) is 8.17. The average Bonchev–Trinajstić information content (AvgIpc) is 2.43. The number of carbonyl (C=O) groups is 1. The predicted octanol–water partition coefficient (Wildman–Crippen LogP) is 3.68. The summed E-state index contributed by atoms with van der Waals surface area (Å²) in [7, 11) is 0. The van der Waals surface area contributed by atoms with Crippen molar-refractivity contribution < 1.29 is 14.3 Å². The highest BCUT2D eigenvalue weighted by molar-refractivity contribution is 6.33. The topological polar surface area (TPSA) is 86.5 Å². The number of nitrogens with two attached hydrogens (primary N) is 1. The number of aromatic nitrogens is 1. The highest BCUT2D eigenvalue weighted by Crippen LogP contribution is 2.28. The summed E-state index contributed by atoms with van der Waals surface area (Å²) < 4.78 is 10.4. The highest BCUT2D eigenvalue weighted by Gasteiger charge is 2.06. The molecule has 0 bridgehead atoms. The van der Waals surface area contributed by atoms with Crippen molar-refractivity contribution in [3.63, 3.8) is 0 Å². The minimum Gasteiger partial charge on any atom is -0.457 e. The molecule has 1 heterocycles. The Bertz CT molecular complexity index is 649. The van der Waals surface area contributed by atoms with Gasteiger partial charge >= 0.3 is 6.09 Å². The SMILES string of the molecule is CCOC(=O)Nc1cc(Oc2ccc(N)c(Cl)c2)ccn1. The van der Waals surface area contributed by atoms with Crippen molar-refractivity contribution in [2.45, 2.75) is 6.92 Å². The minimum atomic E-state index is -0.572. The fourth-order valence-electron chi connectivity index (χ4n) is 1.52. The molecule has 0 radical (unpaired) electrons. The van der Waals surface area contributed by atoms with Crippen molar-refractivity contribution in [1.29, 1.82) is 0 Å². The third-order valence-electron chi connectivity index (χ3n) is 2.44. The first-order valence-corrected chi connectivity index (χ1v) is 6.59.